The van der Waals surface area contributed by atoms with Crippen molar-refractivity contribution in [2.45, 2.75) is 111 Å². The molecule has 0 spiro atoms. The summed E-state index contributed by atoms with van der Waals surface area (Å²) in [6.07, 6.45) is 14.3. The summed E-state index contributed by atoms with van der Waals surface area (Å²) in [6.45, 7) is 6.41. The van der Waals surface area contributed by atoms with Crippen LogP contribution in [0.5, 0.6) is 11.5 Å². The molecule has 0 atom stereocenters. The van der Waals surface area contributed by atoms with Crippen molar-refractivity contribution in [3.8, 4) is 11.5 Å². The molecule has 37 heavy (non-hydrogen) atoms. The van der Waals surface area contributed by atoms with Gasteiger partial charge < -0.3 is 9.47 Å². The quantitative estimate of drug-likeness (QED) is 0.0843. The van der Waals surface area contributed by atoms with Crippen LogP contribution in [-0.4, -0.2) is 11.9 Å². The Labute approximate surface area is 222 Å². The highest BCUT2D eigenvalue weighted by molar-refractivity contribution is 6.13. The molecule has 0 amide bonds. The van der Waals surface area contributed by atoms with Crippen LogP contribution in [-0.2, 0) is 9.59 Å². The zero-order chi connectivity index (χ0) is 26.5. The van der Waals surface area contributed by atoms with E-state index in [0.717, 1.165) is 65.6 Å². The Kier molecular flexibility index (Phi) is 11.9. The summed E-state index contributed by atoms with van der Waals surface area (Å²) in [5.41, 5.74) is 0.985. The first-order chi connectivity index (χ1) is 18.1. The number of unbranched alkanes of at least 4 members (excludes halogenated alkanes) is 10. The Balaban J connectivity index is 1.81. The molecule has 0 radical (unpaired) electrons. The third kappa shape index (κ3) is 8.31. The van der Waals surface area contributed by atoms with E-state index in [0.29, 0.717) is 24.3 Å². The molecule has 4 heteroatoms. The number of ether oxygens (including phenoxy) is 2. The van der Waals surface area contributed by atoms with Gasteiger partial charge in [-0.3, -0.25) is 9.59 Å². The van der Waals surface area contributed by atoms with Gasteiger partial charge in [0.25, 0.3) is 0 Å². The van der Waals surface area contributed by atoms with E-state index in [1.165, 1.54) is 38.5 Å². The SMILES string of the molecule is CCCCCCCCC(=O)Oc1c2ccccc2c(OC(=O)CCCCCCCC)c2c(C)cccc12. The highest BCUT2D eigenvalue weighted by Gasteiger charge is 2.21. The molecule has 3 aromatic rings. The van der Waals surface area contributed by atoms with E-state index >= 15 is 0 Å². The first kappa shape index (κ1) is 28.7. The molecule has 3 rings (SSSR count). The lowest BCUT2D eigenvalue weighted by Crippen LogP contribution is -2.11. The molecule has 0 fully saturated rings. The molecule has 0 heterocycles. The highest BCUT2D eigenvalue weighted by Crippen LogP contribution is 2.44. The largest absolute Gasteiger partial charge is 0.425 e. The van der Waals surface area contributed by atoms with Crippen LogP contribution in [0, 0.1) is 6.92 Å². The molecule has 0 N–H and O–H groups in total. The number of carbonyl (C=O) groups is 2. The van der Waals surface area contributed by atoms with Crippen LogP contribution in [0.3, 0.4) is 0 Å². The van der Waals surface area contributed by atoms with E-state index in [9.17, 15) is 9.59 Å². The predicted molar refractivity (Wildman–Crippen MR) is 153 cm³/mol. The maximum absolute atomic E-state index is 12.9. The number of fused-ring (bicyclic) bond motifs is 2. The van der Waals surface area contributed by atoms with Crippen LogP contribution < -0.4 is 9.47 Å². The Bertz CT molecular complexity index is 1160. The van der Waals surface area contributed by atoms with Gasteiger partial charge in [-0.2, -0.15) is 0 Å². The maximum Gasteiger partial charge on any atom is 0.311 e. The summed E-state index contributed by atoms with van der Waals surface area (Å²) in [6, 6.07) is 13.7. The molecule has 0 aromatic heterocycles. The van der Waals surface area contributed by atoms with Crippen LogP contribution in [0.2, 0.25) is 0 Å². The molecule has 3 aromatic carbocycles. The van der Waals surface area contributed by atoms with Gasteiger partial charge in [0.05, 0.1) is 0 Å². The van der Waals surface area contributed by atoms with Crippen molar-refractivity contribution < 1.29 is 19.1 Å². The smallest absolute Gasteiger partial charge is 0.311 e. The second-order valence-electron chi connectivity index (χ2n) is 10.2. The van der Waals surface area contributed by atoms with Gasteiger partial charge in [0.2, 0.25) is 0 Å². The lowest BCUT2D eigenvalue weighted by molar-refractivity contribution is -0.135. The molecular weight excluding hydrogens is 460 g/mol. The molecule has 0 unspecified atom stereocenters. The molecule has 4 nitrogen and oxygen atoms in total. The number of aryl methyl sites for hydroxylation is 1. The van der Waals surface area contributed by atoms with Gasteiger partial charge in [0, 0.05) is 34.4 Å². The van der Waals surface area contributed by atoms with Crippen molar-refractivity contribution in [1.29, 1.82) is 0 Å². The normalized spacial score (nSPS) is 11.2. The van der Waals surface area contributed by atoms with Gasteiger partial charge in [-0.1, -0.05) is 121 Å². The fraction of sp³-hybridized carbons (Fsp3) is 0.515. The number of hydrogen-bond donors (Lipinski definition) is 0. The Morgan fingerprint density at radius 2 is 1.03 bits per heavy atom. The van der Waals surface area contributed by atoms with Gasteiger partial charge >= 0.3 is 11.9 Å². The number of benzene rings is 3. The molecular formula is C33H44O4. The van der Waals surface area contributed by atoms with Crippen molar-refractivity contribution in [3.05, 3.63) is 48.0 Å². The average Bonchev–Trinajstić information content (AvgIpc) is 2.90. The molecule has 0 aliphatic heterocycles. The van der Waals surface area contributed by atoms with E-state index in [2.05, 4.69) is 13.8 Å². The van der Waals surface area contributed by atoms with Crippen LogP contribution in [0.1, 0.15) is 109 Å². The van der Waals surface area contributed by atoms with Crippen LogP contribution in [0.15, 0.2) is 42.5 Å². The zero-order valence-corrected chi connectivity index (χ0v) is 23.1. The number of rotatable bonds is 16. The Hall–Kier alpha value is -2.88. The number of carbonyl (C=O) groups excluding carboxylic acids is 2. The summed E-state index contributed by atoms with van der Waals surface area (Å²) in [4.78, 5) is 25.7. The molecule has 0 saturated heterocycles. The van der Waals surface area contributed by atoms with E-state index in [4.69, 9.17) is 9.47 Å². The van der Waals surface area contributed by atoms with Gasteiger partial charge in [-0.05, 0) is 25.3 Å². The van der Waals surface area contributed by atoms with Crippen molar-refractivity contribution in [2.75, 3.05) is 0 Å². The summed E-state index contributed by atoms with van der Waals surface area (Å²) in [5, 5.41) is 3.22. The van der Waals surface area contributed by atoms with Gasteiger partial charge in [0.1, 0.15) is 11.5 Å². The summed E-state index contributed by atoms with van der Waals surface area (Å²) in [7, 11) is 0. The van der Waals surface area contributed by atoms with Gasteiger partial charge in [0.15, 0.2) is 0 Å². The zero-order valence-electron chi connectivity index (χ0n) is 23.1. The predicted octanol–water partition coefficient (Wildman–Crippen LogP) is 9.61. The lowest BCUT2D eigenvalue weighted by Gasteiger charge is -2.18. The van der Waals surface area contributed by atoms with Crippen LogP contribution >= 0.6 is 0 Å². The standard InChI is InChI=1S/C33H44O4/c1-4-6-8-10-12-14-23-29(34)36-32-26-20-16-17-21-27(26)33(31-25(3)19-18-22-28(31)32)37-30(35)24-15-13-11-9-7-5-2/h16-22H,4-15,23-24H2,1-3H3. The van der Waals surface area contributed by atoms with Gasteiger partial charge in [-0.25, -0.2) is 0 Å². The monoisotopic (exact) mass is 504 g/mol. The minimum Gasteiger partial charge on any atom is -0.425 e. The second-order valence-corrected chi connectivity index (χ2v) is 10.2. The third-order valence-corrected chi connectivity index (χ3v) is 7.06. The minimum atomic E-state index is -0.212. The number of hydrogen-bond acceptors (Lipinski definition) is 4. The molecule has 0 saturated carbocycles. The average molecular weight is 505 g/mol. The maximum atomic E-state index is 12.9. The summed E-state index contributed by atoms with van der Waals surface area (Å²) in [5.74, 6) is 0.700. The topological polar surface area (TPSA) is 52.6 Å². The van der Waals surface area contributed by atoms with E-state index < -0.39 is 0 Å². The first-order valence-electron chi connectivity index (χ1n) is 14.4. The summed E-state index contributed by atoms with van der Waals surface area (Å²) < 4.78 is 12.1. The molecule has 200 valence electrons. The van der Waals surface area contributed by atoms with Crippen molar-refractivity contribution in [2.24, 2.45) is 0 Å². The van der Waals surface area contributed by atoms with Crippen molar-refractivity contribution in [3.63, 3.8) is 0 Å². The third-order valence-electron chi connectivity index (χ3n) is 7.06. The van der Waals surface area contributed by atoms with Crippen LogP contribution in [0.4, 0.5) is 0 Å². The highest BCUT2D eigenvalue weighted by atomic mass is 16.5. The first-order valence-corrected chi connectivity index (χ1v) is 14.4. The second kappa shape index (κ2) is 15.4. The van der Waals surface area contributed by atoms with Crippen molar-refractivity contribution >= 4 is 33.5 Å². The molecule has 0 bridgehead atoms. The molecule has 0 aliphatic rings. The summed E-state index contributed by atoms with van der Waals surface area (Å²) >= 11 is 0. The van der Waals surface area contributed by atoms with E-state index in [1.807, 2.05) is 49.4 Å². The molecule has 0 aliphatic carbocycles. The van der Waals surface area contributed by atoms with E-state index in [1.54, 1.807) is 0 Å². The van der Waals surface area contributed by atoms with Crippen molar-refractivity contribution in [1.82, 2.24) is 0 Å². The fourth-order valence-corrected chi connectivity index (χ4v) is 4.96. The van der Waals surface area contributed by atoms with Crippen LogP contribution in [0.25, 0.3) is 21.5 Å². The number of esters is 2. The minimum absolute atomic E-state index is 0.210. The Morgan fingerprint density at radius 1 is 0.568 bits per heavy atom. The fourth-order valence-electron chi connectivity index (χ4n) is 4.96. The van der Waals surface area contributed by atoms with E-state index in [-0.39, 0.29) is 11.9 Å². The van der Waals surface area contributed by atoms with Gasteiger partial charge in [-0.15, -0.1) is 0 Å². The Morgan fingerprint density at radius 3 is 1.59 bits per heavy atom. The lowest BCUT2D eigenvalue weighted by atomic mass is 9.97.